The van der Waals surface area contributed by atoms with Gasteiger partial charge in [-0.25, -0.2) is 0 Å². The van der Waals surface area contributed by atoms with E-state index >= 15 is 0 Å². The minimum atomic E-state index is -0.329. The van der Waals surface area contributed by atoms with Gasteiger partial charge in [-0.3, -0.25) is 4.79 Å². The largest absolute Gasteiger partial charge is 0.397 e. The molecule has 0 unspecified atom stereocenters. The highest BCUT2D eigenvalue weighted by atomic mass is 16.3. The first-order valence-electron chi connectivity index (χ1n) is 6.23. The fourth-order valence-electron chi connectivity index (χ4n) is 1.58. The highest BCUT2D eigenvalue weighted by molar-refractivity contribution is 5.96. The van der Waals surface area contributed by atoms with Crippen LogP contribution in [0.15, 0.2) is 18.2 Å². The van der Waals surface area contributed by atoms with Gasteiger partial charge in [-0.2, -0.15) is 0 Å². The first-order chi connectivity index (χ1) is 8.76. The van der Waals surface area contributed by atoms with Crippen LogP contribution < -0.4 is 16.0 Å². The van der Waals surface area contributed by atoms with E-state index in [9.17, 15) is 4.79 Å². The maximum Gasteiger partial charge on any atom is 0.251 e. The van der Waals surface area contributed by atoms with Crippen LogP contribution >= 0.6 is 0 Å². The number of nitrogens with two attached hydrogens (primary N) is 1. The third-order valence-electron chi connectivity index (χ3n) is 2.93. The van der Waals surface area contributed by atoms with Gasteiger partial charge in [-0.1, -0.05) is 13.8 Å². The molecular weight excluding hydrogens is 242 g/mol. The van der Waals surface area contributed by atoms with E-state index in [1.54, 1.807) is 12.1 Å². The second-order valence-corrected chi connectivity index (χ2v) is 5.67. The number of benzene rings is 1. The normalized spacial score (nSPS) is 11.2. The number of nitrogen functional groups attached to an aromatic ring is 1. The molecule has 0 heterocycles. The maximum atomic E-state index is 12.0. The molecule has 0 saturated heterocycles. The van der Waals surface area contributed by atoms with Crippen LogP contribution in [0.2, 0.25) is 0 Å². The zero-order valence-electron chi connectivity index (χ0n) is 12.0. The lowest BCUT2D eigenvalue weighted by Crippen LogP contribution is -2.36. The Labute approximate surface area is 114 Å². The first-order valence-corrected chi connectivity index (χ1v) is 6.23. The molecule has 1 aromatic carbocycles. The fourth-order valence-corrected chi connectivity index (χ4v) is 1.58. The second kappa shape index (κ2) is 5.93. The molecule has 0 aliphatic rings. The van der Waals surface area contributed by atoms with Crippen molar-refractivity contribution in [3.8, 4) is 0 Å². The molecule has 5 nitrogen and oxygen atoms in total. The van der Waals surface area contributed by atoms with E-state index < -0.39 is 0 Å². The molecule has 106 valence electrons. The molecule has 19 heavy (non-hydrogen) atoms. The molecule has 5 heteroatoms. The van der Waals surface area contributed by atoms with Crippen molar-refractivity contribution < 1.29 is 9.90 Å². The molecule has 4 N–H and O–H groups in total. The standard InChI is InChI=1S/C14H23N3O2/c1-14(2,9-18)8-16-13(19)10-5-6-12(17(3)4)11(15)7-10/h5-7,18H,8-9,15H2,1-4H3,(H,16,19). The zero-order valence-corrected chi connectivity index (χ0v) is 12.0. The lowest BCUT2D eigenvalue weighted by atomic mass is 9.95. The minimum Gasteiger partial charge on any atom is -0.397 e. The zero-order chi connectivity index (χ0) is 14.6. The number of anilines is 2. The van der Waals surface area contributed by atoms with Gasteiger partial charge < -0.3 is 21.1 Å². The Hall–Kier alpha value is -1.75. The molecule has 1 aromatic rings. The van der Waals surface area contributed by atoms with Crippen LogP contribution in [0.5, 0.6) is 0 Å². The smallest absolute Gasteiger partial charge is 0.251 e. The summed E-state index contributed by atoms with van der Waals surface area (Å²) in [6.45, 7) is 4.21. The lowest BCUT2D eigenvalue weighted by molar-refractivity contribution is 0.0911. The number of nitrogens with zero attached hydrogens (tertiary/aromatic N) is 1. The summed E-state index contributed by atoms with van der Waals surface area (Å²) in [5.41, 5.74) is 7.55. The van der Waals surface area contributed by atoms with Crippen molar-refractivity contribution in [1.29, 1.82) is 0 Å². The van der Waals surface area contributed by atoms with Gasteiger partial charge in [0, 0.05) is 38.2 Å². The molecule has 1 amide bonds. The molecule has 0 aliphatic heterocycles. The van der Waals surface area contributed by atoms with Gasteiger partial charge in [0.05, 0.1) is 11.4 Å². The molecule has 0 bridgehead atoms. The summed E-state index contributed by atoms with van der Waals surface area (Å²) >= 11 is 0. The summed E-state index contributed by atoms with van der Waals surface area (Å²) in [5.74, 6) is -0.182. The first kappa shape index (κ1) is 15.3. The predicted octanol–water partition coefficient (Wildman–Crippen LogP) is 1.08. The predicted molar refractivity (Wildman–Crippen MR) is 78.4 cm³/mol. The van der Waals surface area contributed by atoms with Crippen molar-refractivity contribution >= 4 is 17.3 Å². The summed E-state index contributed by atoms with van der Waals surface area (Å²) in [6, 6.07) is 5.23. The highest BCUT2D eigenvalue weighted by Gasteiger charge is 2.18. The van der Waals surface area contributed by atoms with Crippen LogP contribution in [0.1, 0.15) is 24.2 Å². The van der Waals surface area contributed by atoms with Crippen molar-refractivity contribution in [3.63, 3.8) is 0 Å². The Kier molecular flexibility index (Phi) is 4.78. The van der Waals surface area contributed by atoms with Crippen LogP contribution in [-0.2, 0) is 0 Å². The molecule has 0 spiro atoms. The number of aliphatic hydroxyl groups excluding tert-OH is 1. The Balaban J connectivity index is 2.76. The van der Waals surface area contributed by atoms with Gasteiger partial charge in [0.1, 0.15) is 0 Å². The summed E-state index contributed by atoms with van der Waals surface area (Å²) in [7, 11) is 3.80. The SMILES string of the molecule is CN(C)c1ccc(C(=O)NCC(C)(C)CO)cc1N. The summed E-state index contributed by atoms with van der Waals surface area (Å²) < 4.78 is 0. The number of carbonyl (C=O) groups excluding carboxylic acids is 1. The minimum absolute atomic E-state index is 0.0228. The quantitative estimate of drug-likeness (QED) is 0.696. The monoisotopic (exact) mass is 265 g/mol. The van der Waals surface area contributed by atoms with Crippen LogP contribution in [0.3, 0.4) is 0 Å². The van der Waals surface area contributed by atoms with Crippen molar-refractivity contribution in [1.82, 2.24) is 5.32 Å². The fraction of sp³-hybridized carbons (Fsp3) is 0.500. The van der Waals surface area contributed by atoms with Crippen molar-refractivity contribution in [2.45, 2.75) is 13.8 Å². The topological polar surface area (TPSA) is 78.6 Å². The van der Waals surface area contributed by atoms with E-state index in [1.807, 2.05) is 38.9 Å². The number of hydrogen-bond acceptors (Lipinski definition) is 4. The van der Waals surface area contributed by atoms with Crippen molar-refractivity contribution in [2.24, 2.45) is 5.41 Å². The van der Waals surface area contributed by atoms with Crippen LogP contribution in [0, 0.1) is 5.41 Å². The number of carbonyl (C=O) groups is 1. The lowest BCUT2D eigenvalue weighted by Gasteiger charge is -2.22. The van der Waals surface area contributed by atoms with Gasteiger partial charge in [0.15, 0.2) is 0 Å². The average molecular weight is 265 g/mol. The van der Waals surface area contributed by atoms with Crippen LogP contribution in [-0.4, -0.2) is 38.3 Å². The van der Waals surface area contributed by atoms with E-state index in [4.69, 9.17) is 10.8 Å². The Morgan fingerprint density at radius 3 is 2.53 bits per heavy atom. The molecule has 0 radical (unpaired) electrons. The second-order valence-electron chi connectivity index (χ2n) is 5.67. The summed E-state index contributed by atoms with van der Waals surface area (Å²) in [4.78, 5) is 13.9. The Bertz CT molecular complexity index is 456. The van der Waals surface area contributed by atoms with E-state index in [-0.39, 0.29) is 17.9 Å². The van der Waals surface area contributed by atoms with Crippen LogP contribution in [0.25, 0.3) is 0 Å². The molecular formula is C14H23N3O2. The Morgan fingerprint density at radius 2 is 2.05 bits per heavy atom. The van der Waals surface area contributed by atoms with Gasteiger partial charge in [0.25, 0.3) is 5.91 Å². The van der Waals surface area contributed by atoms with Crippen molar-refractivity contribution in [3.05, 3.63) is 23.8 Å². The molecule has 0 saturated carbocycles. The average Bonchev–Trinajstić information content (AvgIpc) is 2.35. The number of nitrogens with one attached hydrogen (secondary N) is 1. The number of rotatable bonds is 5. The van der Waals surface area contributed by atoms with Gasteiger partial charge >= 0.3 is 0 Å². The summed E-state index contributed by atoms with van der Waals surface area (Å²) in [6.07, 6.45) is 0. The highest BCUT2D eigenvalue weighted by Crippen LogP contribution is 2.22. The number of hydrogen-bond donors (Lipinski definition) is 3. The third-order valence-corrected chi connectivity index (χ3v) is 2.93. The molecule has 0 aliphatic carbocycles. The third kappa shape index (κ3) is 4.13. The van der Waals surface area contributed by atoms with E-state index in [2.05, 4.69) is 5.32 Å². The molecule has 1 rings (SSSR count). The van der Waals surface area contributed by atoms with Crippen LogP contribution in [0.4, 0.5) is 11.4 Å². The van der Waals surface area contributed by atoms with Crippen molar-refractivity contribution in [2.75, 3.05) is 37.9 Å². The molecule has 0 atom stereocenters. The molecule has 0 aromatic heterocycles. The number of amides is 1. The number of aliphatic hydroxyl groups is 1. The molecule has 0 fully saturated rings. The van der Waals surface area contributed by atoms with Gasteiger partial charge in [-0.05, 0) is 18.2 Å². The van der Waals surface area contributed by atoms with Gasteiger partial charge in [0.2, 0.25) is 0 Å². The Morgan fingerprint density at radius 1 is 1.42 bits per heavy atom. The summed E-state index contributed by atoms with van der Waals surface area (Å²) in [5, 5.41) is 11.9. The van der Waals surface area contributed by atoms with E-state index in [1.165, 1.54) is 0 Å². The van der Waals surface area contributed by atoms with E-state index in [0.29, 0.717) is 17.8 Å². The van der Waals surface area contributed by atoms with E-state index in [0.717, 1.165) is 5.69 Å². The van der Waals surface area contributed by atoms with Gasteiger partial charge in [-0.15, -0.1) is 0 Å². The maximum absolute atomic E-state index is 12.0.